The summed E-state index contributed by atoms with van der Waals surface area (Å²) in [5.41, 5.74) is 1.39. The topological polar surface area (TPSA) is 96.0 Å². The molecule has 0 saturated carbocycles. The zero-order valence-electron chi connectivity index (χ0n) is 26.7. The minimum Gasteiger partial charge on any atom is -0.492 e. The summed E-state index contributed by atoms with van der Waals surface area (Å²) in [5, 5.41) is 3.92. The number of rotatable bonds is 16. The van der Waals surface area contributed by atoms with E-state index in [1.807, 2.05) is 37.3 Å². The van der Waals surface area contributed by atoms with Crippen molar-refractivity contribution in [2.75, 3.05) is 24.0 Å². The Kier molecular flexibility index (Phi) is 13.6. The van der Waals surface area contributed by atoms with E-state index in [1.54, 1.807) is 49.4 Å². The predicted molar refractivity (Wildman–Crippen MR) is 192 cm³/mol. The van der Waals surface area contributed by atoms with Gasteiger partial charge in [0.25, 0.3) is 10.0 Å². The third kappa shape index (κ3) is 9.44. The van der Waals surface area contributed by atoms with Crippen molar-refractivity contribution in [2.45, 2.75) is 50.6 Å². The highest BCUT2D eigenvalue weighted by molar-refractivity contribution is 7.92. The van der Waals surface area contributed by atoms with E-state index < -0.39 is 28.5 Å². The molecule has 2 amide bonds. The number of carbonyl (C=O) groups is 2. The number of nitrogens with zero attached hydrogens (tertiary/aromatic N) is 2. The Bertz CT molecular complexity index is 1770. The molecule has 0 bridgehead atoms. The van der Waals surface area contributed by atoms with Crippen LogP contribution >= 0.6 is 34.8 Å². The second kappa shape index (κ2) is 17.6. The van der Waals surface area contributed by atoms with Crippen LogP contribution in [0, 0.1) is 0 Å². The number of hydrogen-bond acceptors (Lipinski definition) is 5. The van der Waals surface area contributed by atoms with Crippen LogP contribution < -0.4 is 14.4 Å². The summed E-state index contributed by atoms with van der Waals surface area (Å²) >= 11 is 19.3. The summed E-state index contributed by atoms with van der Waals surface area (Å²) in [4.78, 5) is 29.9. The van der Waals surface area contributed by atoms with Crippen molar-refractivity contribution in [3.63, 3.8) is 0 Å². The largest absolute Gasteiger partial charge is 0.492 e. The number of sulfonamides is 1. The maximum absolute atomic E-state index is 14.7. The molecule has 12 heteroatoms. The molecule has 4 aromatic carbocycles. The van der Waals surface area contributed by atoms with Crippen molar-refractivity contribution in [1.82, 2.24) is 10.2 Å². The standard InChI is InChI=1S/C36H38Cl3N3O5S/c1-3-5-22-40-36(44)33(23-26-12-7-6-8-13-26)41(24-29-30(38)14-11-15-31(29)39)35(43)25-42(32-16-9-10-17-34(32)47-4-2)48(45,46)28-20-18-27(37)19-21-28/h6-21,33H,3-5,22-25H2,1-2H3,(H,40,44). The number of anilines is 1. The number of hydrogen-bond donors (Lipinski definition) is 1. The number of amides is 2. The average Bonchev–Trinajstić information content (AvgIpc) is 3.07. The summed E-state index contributed by atoms with van der Waals surface area (Å²) in [6.07, 6.45) is 1.76. The fraction of sp³-hybridized carbons (Fsp3) is 0.278. The Morgan fingerprint density at radius 2 is 1.48 bits per heavy atom. The molecule has 8 nitrogen and oxygen atoms in total. The Morgan fingerprint density at radius 3 is 2.12 bits per heavy atom. The van der Waals surface area contributed by atoms with Gasteiger partial charge in [-0.1, -0.05) is 96.7 Å². The first-order valence-corrected chi connectivity index (χ1v) is 18.2. The molecule has 1 atom stereocenters. The zero-order chi connectivity index (χ0) is 34.7. The second-order valence-electron chi connectivity index (χ2n) is 10.9. The van der Waals surface area contributed by atoms with Crippen molar-refractivity contribution in [3.8, 4) is 5.75 Å². The number of unbranched alkanes of at least 4 members (excludes halogenated alkanes) is 1. The quantitative estimate of drug-likeness (QED) is 0.119. The highest BCUT2D eigenvalue weighted by atomic mass is 35.5. The van der Waals surface area contributed by atoms with Crippen LogP contribution in [0.2, 0.25) is 15.1 Å². The van der Waals surface area contributed by atoms with Crippen molar-refractivity contribution >= 4 is 62.3 Å². The van der Waals surface area contributed by atoms with Gasteiger partial charge in [-0.05, 0) is 67.4 Å². The van der Waals surface area contributed by atoms with E-state index in [1.165, 1.54) is 29.2 Å². The van der Waals surface area contributed by atoms with Gasteiger partial charge < -0.3 is 15.0 Å². The zero-order valence-corrected chi connectivity index (χ0v) is 29.8. The summed E-state index contributed by atoms with van der Waals surface area (Å²) < 4.78 is 35.5. The average molecular weight is 731 g/mol. The van der Waals surface area contributed by atoms with Crippen LogP contribution in [-0.2, 0) is 32.6 Å². The van der Waals surface area contributed by atoms with Crippen LogP contribution in [0.3, 0.4) is 0 Å². The molecule has 0 spiro atoms. The smallest absolute Gasteiger partial charge is 0.264 e. The lowest BCUT2D eigenvalue weighted by Gasteiger charge is -2.34. The summed E-state index contributed by atoms with van der Waals surface area (Å²) in [6, 6.07) is 25.5. The third-order valence-corrected chi connectivity index (χ3v) is 10.3. The van der Waals surface area contributed by atoms with Crippen LogP contribution in [0.1, 0.15) is 37.8 Å². The molecule has 0 fully saturated rings. The minimum absolute atomic E-state index is 0.0788. The number of ether oxygens (including phenoxy) is 1. The highest BCUT2D eigenvalue weighted by Crippen LogP contribution is 2.34. The van der Waals surface area contributed by atoms with Crippen LogP contribution in [0.5, 0.6) is 5.75 Å². The predicted octanol–water partition coefficient (Wildman–Crippen LogP) is 7.80. The molecule has 1 unspecified atom stereocenters. The molecule has 0 heterocycles. The molecule has 4 aromatic rings. The monoisotopic (exact) mass is 729 g/mol. The summed E-state index contributed by atoms with van der Waals surface area (Å²) in [7, 11) is -4.36. The highest BCUT2D eigenvalue weighted by Gasteiger charge is 2.36. The minimum atomic E-state index is -4.36. The van der Waals surface area contributed by atoms with E-state index in [4.69, 9.17) is 39.5 Å². The summed E-state index contributed by atoms with van der Waals surface area (Å²) in [5.74, 6) is -0.767. The maximum Gasteiger partial charge on any atom is 0.264 e. The molecule has 0 radical (unpaired) electrons. The van der Waals surface area contributed by atoms with Crippen molar-refractivity contribution in [2.24, 2.45) is 0 Å². The number of para-hydroxylation sites is 2. The number of benzene rings is 4. The lowest BCUT2D eigenvalue weighted by Crippen LogP contribution is -2.53. The van der Waals surface area contributed by atoms with Gasteiger partial charge in [-0.2, -0.15) is 0 Å². The van der Waals surface area contributed by atoms with Gasteiger partial charge in [0.2, 0.25) is 11.8 Å². The molecule has 254 valence electrons. The Balaban J connectivity index is 1.86. The van der Waals surface area contributed by atoms with E-state index in [0.29, 0.717) is 27.2 Å². The van der Waals surface area contributed by atoms with E-state index in [0.717, 1.165) is 22.7 Å². The second-order valence-corrected chi connectivity index (χ2v) is 14.1. The van der Waals surface area contributed by atoms with Gasteiger partial charge in [0.05, 0.1) is 17.2 Å². The molecule has 48 heavy (non-hydrogen) atoms. The molecule has 0 aliphatic carbocycles. The Labute approximate surface area is 297 Å². The van der Waals surface area contributed by atoms with E-state index >= 15 is 0 Å². The Hall–Kier alpha value is -3.76. The van der Waals surface area contributed by atoms with E-state index in [-0.39, 0.29) is 41.8 Å². The Morgan fingerprint density at radius 1 is 0.833 bits per heavy atom. The molecule has 4 rings (SSSR count). The first-order valence-electron chi connectivity index (χ1n) is 15.6. The van der Waals surface area contributed by atoms with Crippen molar-refractivity contribution in [3.05, 3.63) is 123 Å². The van der Waals surface area contributed by atoms with E-state index in [9.17, 15) is 18.0 Å². The lowest BCUT2D eigenvalue weighted by molar-refractivity contribution is -0.140. The summed E-state index contributed by atoms with van der Waals surface area (Å²) in [6.45, 7) is 3.64. The lowest BCUT2D eigenvalue weighted by atomic mass is 10.0. The number of halogens is 3. The van der Waals surface area contributed by atoms with Crippen molar-refractivity contribution < 1.29 is 22.7 Å². The fourth-order valence-corrected chi connectivity index (χ4v) is 7.17. The van der Waals surface area contributed by atoms with Crippen LogP contribution in [0.15, 0.2) is 102 Å². The van der Waals surface area contributed by atoms with Gasteiger partial charge >= 0.3 is 0 Å². The first kappa shape index (κ1) is 37.1. The van der Waals surface area contributed by atoms with Gasteiger partial charge in [-0.3, -0.25) is 13.9 Å². The van der Waals surface area contributed by atoms with Crippen LogP contribution in [0.25, 0.3) is 0 Å². The molecular formula is C36H38Cl3N3O5S. The maximum atomic E-state index is 14.7. The van der Waals surface area contributed by atoms with E-state index in [2.05, 4.69) is 5.32 Å². The fourth-order valence-electron chi connectivity index (χ4n) is 5.10. The number of nitrogens with one attached hydrogen (secondary N) is 1. The molecule has 0 aromatic heterocycles. The van der Waals surface area contributed by atoms with Gasteiger partial charge in [-0.25, -0.2) is 8.42 Å². The van der Waals surface area contributed by atoms with Gasteiger partial charge in [0.15, 0.2) is 0 Å². The molecule has 0 aliphatic rings. The van der Waals surface area contributed by atoms with Crippen LogP contribution in [0.4, 0.5) is 5.69 Å². The van der Waals surface area contributed by atoms with Gasteiger partial charge in [0, 0.05) is 40.1 Å². The molecule has 1 N–H and O–H groups in total. The first-order chi connectivity index (χ1) is 23.1. The molecule has 0 aliphatic heterocycles. The molecule has 0 saturated heterocycles. The van der Waals surface area contributed by atoms with Crippen molar-refractivity contribution in [1.29, 1.82) is 0 Å². The molecular weight excluding hydrogens is 693 g/mol. The van der Waals surface area contributed by atoms with Gasteiger partial charge in [0.1, 0.15) is 18.3 Å². The van der Waals surface area contributed by atoms with Crippen LogP contribution in [-0.4, -0.2) is 50.9 Å². The number of carbonyl (C=O) groups excluding carboxylic acids is 2. The SMILES string of the molecule is CCCCNC(=O)C(Cc1ccccc1)N(Cc1c(Cl)cccc1Cl)C(=O)CN(c1ccccc1OCC)S(=O)(=O)c1ccc(Cl)cc1. The van der Waals surface area contributed by atoms with Gasteiger partial charge in [-0.15, -0.1) is 0 Å². The third-order valence-electron chi connectivity index (χ3n) is 7.61. The normalized spacial score (nSPS) is 11.9.